The van der Waals surface area contributed by atoms with Crippen molar-refractivity contribution in [3.63, 3.8) is 0 Å². The van der Waals surface area contributed by atoms with Crippen LogP contribution in [0.4, 0.5) is 0 Å². The smallest absolute Gasteiger partial charge is 0.263 e. The van der Waals surface area contributed by atoms with Crippen LogP contribution in [0.15, 0.2) is 42.6 Å². The Kier molecular flexibility index (Phi) is 5.92. The highest BCUT2D eigenvalue weighted by Gasteiger charge is 2.33. The molecule has 1 fully saturated rings. The normalized spacial score (nSPS) is 18.4. The molecule has 1 N–H and O–H groups in total. The van der Waals surface area contributed by atoms with Gasteiger partial charge in [0.2, 0.25) is 5.88 Å². The lowest BCUT2D eigenvalue weighted by Crippen LogP contribution is -2.35. The summed E-state index contributed by atoms with van der Waals surface area (Å²) in [6, 6.07) is 12.3. The number of amides is 1. The van der Waals surface area contributed by atoms with Crippen molar-refractivity contribution in [2.24, 2.45) is 7.05 Å². The number of ether oxygens (including phenoxy) is 2. The summed E-state index contributed by atoms with van der Waals surface area (Å²) in [6.45, 7) is 2.28. The molecular weight excluding hydrogens is 468 g/mol. The number of fused-ring (bicyclic) bond motifs is 6. The van der Waals surface area contributed by atoms with Gasteiger partial charge in [-0.05, 0) is 55.6 Å². The number of H-pyrrole nitrogens is 1. The predicted molar refractivity (Wildman–Crippen MR) is 142 cm³/mol. The van der Waals surface area contributed by atoms with E-state index < -0.39 is 6.10 Å². The summed E-state index contributed by atoms with van der Waals surface area (Å²) in [5, 5.41) is 13.1. The molecule has 0 unspecified atom stereocenters. The summed E-state index contributed by atoms with van der Waals surface area (Å²) >= 11 is 0. The van der Waals surface area contributed by atoms with Crippen molar-refractivity contribution in [2.75, 3.05) is 33.8 Å². The topological polar surface area (TPSA) is 88.5 Å². The van der Waals surface area contributed by atoms with E-state index in [-0.39, 0.29) is 5.91 Å². The van der Waals surface area contributed by atoms with Gasteiger partial charge in [-0.2, -0.15) is 10.2 Å². The molecule has 4 heterocycles. The van der Waals surface area contributed by atoms with E-state index in [4.69, 9.17) is 9.47 Å². The van der Waals surface area contributed by atoms with Crippen molar-refractivity contribution in [3.8, 4) is 22.8 Å². The van der Waals surface area contributed by atoms with Gasteiger partial charge in [0.05, 0.1) is 29.5 Å². The van der Waals surface area contributed by atoms with Gasteiger partial charge < -0.3 is 19.3 Å². The molecule has 1 atom stereocenters. The Balaban J connectivity index is 1.46. The zero-order chi connectivity index (χ0) is 25.5. The van der Waals surface area contributed by atoms with E-state index in [0.717, 1.165) is 45.4 Å². The first-order chi connectivity index (χ1) is 18.0. The van der Waals surface area contributed by atoms with E-state index in [9.17, 15) is 4.79 Å². The first-order valence-corrected chi connectivity index (χ1v) is 12.5. The first kappa shape index (κ1) is 23.3. The number of aromatic amines is 1. The maximum atomic E-state index is 13.2. The van der Waals surface area contributed by atoms with Gasteiger partial charge in [0.15, 0.2) is 6.10 Å². The molecule has 190 valence electrons. The summed E-state index contributed by atoms with van der Waals surface area (Å²) in [4.78, 5) is 17.1. The summed E-state index contributed by atoms with van der Waals surface area (Å²) in [6.07, 6.45) is 5.96. The molecule has 0 aliphatic carbocycles. The lowest BCUT2D eigenvalue weighted by atomic mass is 10.0. The van der Waals surface area contributed by atoms with E-state index in [1.54, 1.807) is 4.68 Å². The van der Waals surface area contributed by atoms with Gasteiger partial charge in [0, 0.05) is 37.5 Å². The van der Waals surface area contributed by atoms with Crippen LogP contribution >= 0.6 is 0 Å². The van der Waals surface area contributed by atoms with Crippen molar-refractivity contribution in [1.29, 1.82) is 0 Å². The number of hydrogen-bond acceptors (Lipinski definition) is 6. The number of nitrogens with zero attached hydrogens (tertiary/aromatic N) is 5. The zero-order valence-corrected chi connectivity index (χ0v) is 21.3. The minimum atomic E-state index is -0.515. The highest BCUT2D eigenvalue weighted by atomic mass is 16.5. The lowest BCUT2D eigenvalue weighted by Gasteiger charge is -2.19. The molecule has 4 bridgehead atoms. The van der Waals surface area contributed by atoms with Crippen LogP contribution in [0.25, 0.3) is 34.2 Å². The highest BCUT2D eigenvalue weighted by Crippen LogP contribution is 2.33. The van der Waals surface area contributed by atoms with Crippen LogP contribution in [0.1, 0.15) is 23.2 Å². The average molecular weight is 499 g/mol. The molecule has 2 aliphatic heterocycles. The van der Waals surface area contributed by atoms with Gasteiger partial charge in [0.25, 0.3) is 5.91 Å². The molecule has 0 radical (unpaired) electrons. The first-order valence-electron chi connectivity index (χ1n) is 12.5. The molecular formula is C28H30N6O3. The molecule has 1 saturated heterocycles. The Morgan fingerprint density at radius 2 is 2.03 bits per heavy atom. The van der Waals surface area contributed by atoms with Crippen LogP contribution in [0.3, 0.4) is 0 Å². The Morgan fingerprint density at radius 1 is 1.14 bits per heavy atom. The van der Waals surface area contributed by atoms with Crippen LogP contribution in [0, 0.1) is 0 Å². The van der Waals surface area contributed by atoms with Crippen LogP contribution in [0.2, 0.25) is 0 Å². The molecule has 1 amide bonds. The standard InChI is InChI=1S/C28H30N6O3/c1-32(2)17-18-4-5-19-6-8-23-21-15-20(7-9-24(21)31-30-23)22-16-29-33(3)28(22)36-13-12-34-11-10-25(27(34)35)37-26(19)14-18/h4-9,14-16,25H,10-13,17H2,1-3H3,(H,30,31)/b8-6+/t25-/m1/s1. The number of nitrogens with one attached hydrogen (secondary N) is 1. The predicted octanol–water partition coefficient (Wildman–Crippen LogP) is 3.57. The van der Waals surface area contributed by atoms with Crippen LogP contribution in [-0.4, -0.2) is 75.6 Å². The Labute approximate surface area is 215 Å². The molecule has 2 aliphatic rings. The van der Waals surface area contributed by atoms with Gasteiger partial charge in [-0.15, -0.1) is 0 Å². The molecule has 37 heavy (non-hydrogen) atoms. The molecule has 9 heteroatoms. The number of carbonyl (C=O) groups is 1. The zero-order valence-electron chi connectivity index (χ0n) is 21.3. The molecule has 0 spiro atoms. The number of rotatable bonds is 2. The number of aromatic nitrogens is 4. The van der Waals surface area contributed by atoms with Crippen molar-refractivity contribution < 1.29 is 14.3 Å². The lowest BCUT2D eigenvalue weighted by molar-refractivity contribution is -0.133. The number of carbonyl (C=O) groups excluding carboxylic acids is 1. The summed E-state index contributed by atoms with van der Waals surface area (Å²) in [5.41, 5.74) is 5.69. The van der Waals surface area contributed by atoms with Crippen LogP contribution < -0.4 is 9.47 Å². The Bertz CT molecular complexity index is 1500. The number of benzene rings is 2. The third-order valence-corrected chi connectivity index (χ3v) is 6.90. The molecule has 2 aromatic carbocycles. The summed E-state index contributed by atoms with van der Waals surface area (Å²) in [7, 11) is 5.93. The third-order valence-electron chi connectivity index (χ3n) is 6.90. The van der Waals surface area contributed by atoms with Crippen LogP contribution in [0.5, 0.6) is 11.6 Å². The molecule has 0 saturated carbocycles. The quantitative estimate of drug-likeness (QED) is 0.455. The maximum absolute atomic E-state index is 13.2. The minimum absolute atomic E-state index is 0.00646. The van der Waals surface area contributed by atoms with E-state index in [1.165, 1.54) is 0 Å². The second-order valence-corrected chi connectivity index (χ2v) is 9.87. The van der Waals surface area contributed by atoms with Crippen molar-refractivity contribution in [3.05, 3.63) is 59.4 Å². The fraction of sp³-hybridized carbons (Fsp3) is 0.321. The Hall–Kier alpha value is -4.11. The fourth-order valence-electron chi connectivity index (χ4n) is 5.02. The number of aryl methyl sites for hydroxylation is 1. The number of hydrogen-bond donors (Lipinski definition) is 1. The fourth-order valence-corrected chi connectivity index (χ4v) is 5.02. The monoisotopic (exact) mass is 498 g/mol. The van der Waals surface area contributed by atoms with E-state index in [0.29, 0.717) is 37.7 Å². The SMILES string of the molecule is CN(C)Cc1ccc2c(c1)O[C@@H]1CCN(CCOc3c(cnn3C)-c3ccc4n[nH]c(c4c3)/C=C/2)C1=O. The average Bonchev–Trinajstić information content (AvgIpc) is 3.55. The Morgan fingerprint density at radius 3 is 2.89 bits per heavy atom. The van der Waals surface area contributed by atoms with Crippen molar-refractivity contribution in [2.45, 2.75) is 19.1 Å². The van der Waals surface area contributed by atoms with Gasteiger partial charge in [-0.1, -0.05) is 18.2 Å². The maximum Gasteiger partial charge on any atom is 0.263 e. The van der Waals surface area contributed by atoms with Gasteiger partial charge in [-0.25, -0.2) is 4.68 Å². The summed E-state index contributed by atoms with van der Waals surface area (Å²) in [5.74, 6) is 1.37. The van der Waals surface area contributed by atoms with Gasteiger partial charge >= 0.3 is 0 Å². The second kappa shape index (κ2) is 9.40. The van der Waals surface area contributed by atoms with Crippen molar-refractivity contribution in [1.82, 2.24) is 29.8 Å². The summed E-state index contributed by atoms with van der Waals surface area (Å²) < 4.78 is 14.3. The largest absolute Gasteiger partial charge is 0.480 e. The second-order valence-electron chi connectivity index (χ2n) is 9.87. The third kappa shape index (κ3) is 4.46. The molecule has 4 aromatic rings. The molecule has 2 aromatic heterocycles. The highest BCUT2D eigenvalue weighted by molar-refractivity contribution is 5.93. The molecule has 9 nitrogen and oxygen atoms in total. The molecule has 6 rings (SSSR count). The van der Waals surface area contributed by atoms with E-state index in [1.807, 2.05) is 62.6 Å². The van der Waals surface area contributed by atoms with Crippen molar-refractivity contribution >= 4 is 29.0 Å². The minimum Gasteiger partial charge on any atom is -0.480 e. The van der Waals surface area contributed by atoms with Crippen LogP contribution in [-0.2, 0) is 18.4 Å². The van der Waals surface area contributed by atoms with Gasteiger partial charge in [-0.3, -0.25) is 9.89 Å². The van der Waals surface area contributed by atoms with E-state index >= 15 is 0 Å². The van der Waals surface area contributed by atoms with Gasteiger partial charge in [0.1, 0.15) is 12.4 Å². The van der Waals surface area contributed by atoms with E-state index in [2.05, 4.69) is 38.4 Å².